The zero-order chi connectivity index (χ0) is 8.27. The van der Waals surface area contributed by atoms with Crippen LogP contribution in [-0.2, 0) is 4.74 Å². The van der Waals surface area contributed by atoms with Gasteiger partial charge in [-0.25, -0.2) is 0 Å². The highest BCUT2D eigenvalue weighted by Crippen LogP contribution is 2.05. The van der Waals surface area contributed by atoms with Gasteiger partial charge in [0.25, 0.3) is 0 Å². The van der Waals surface area contributed by atoms with E-state index < -0.39 is 0 Å². The van der Waals surface area contributed by atoms with Crippen LogP contribution in [0.3, 0.4) is 0 Å². The zero-order valence-corrected chi connectivity index (χ0v) is 6.16. The molecule has 0 aromatic heterocycles. The second kappa shape index (κ2) is 3.01. The zero-order valence-electron chi connectivity index (χ0n) is 6.16. The average molecular weight is 151 g/mol. The van der Waals surface area contributed by atoms with E-state index in [1.54, 1.807) is 25.3 Å². The van der Waals surface area contributed by atoms with Crippen LogP contribution in [0.2, 0.25) is 0 Å². The molecule has 0 fully saturated rings. The van der Waals surface area contributed by atoms with Crippen molar-refractivity contribution in [3.05, 3.63) is 24.0 Å². The molecule has 4 nitrogen and oxygen atoms in total. The lowest BCUT2D eigenvalue weighted by Gasteiger charge is -2.06. The van der Waals surface area contributed by atoms with Gasteiger partial charge in [-0.15, -0.1) is 0 Å². The summed E-state index contributed by atoms with van der Waals surface area (Å²) in [4.78, 5) is 0. The van der Waals surface area contributed by atoms with Crippen LogP contribution >= 0.6 is 0 Å². The maximum absolute atomic E-state index is 7.36. The first-order chi connectivity index (χ1) is 5.27. The molecule has 0 spiro atoms. The van der Waals surface area contributed by atoms with E-state index in [1.165, 1.54) is 0 Å². The minimum atomic E-state index is 0.270. The number of nitrogens with one attached hydrogen (secondary N) is 1. The molecular formula is C7H9N3O. The third-order valence-corrected chi connectivity index (χ3v) is 1.34. The molecule has 1 aliphatic carbocycles. The molecule has 0 amide bonds. The average Bonchev–Trinajstić information content (AvgIpc) is 2.04. The molecule has 1 rings (SSSR count). The molecule has 0 aromatic rings. The first-order valence-corrected chi connectivity index (χ1v) is 3.08. The van der Waals surface area contributed by atoms with Gasteiger partial charge in [0.1, 0.15) is 11.5 Å². The highest BCUT2D eigenvalue weighted by Gasteiger charge is 2.07. The molecule has 0 unspecified atom stereocenters. The topological polar surface area (TPSA) is 71.5 Å². The summed E-state index contributed by atoms with van der Waals surface area (Å²) in [5, 5.41) is 10.8. The van der Waals surface area contributed by atoms with Crippen LogP contribution in [0.25, 0.3) is 0 Å². The Morgan fingerprint density at radius 2 is 2.27 bits per heavy atom. The van der Waals surface area contributed by atoms with Crippen LogP contribution in [-0.4, -0.2) is 18.5 Å². The molecule has 0 atom stereocenters. The summed E-state index contributed by atoms with van der Waals surface area (Å²) < 4.78 is 4.89. The Morgan fingerprint density at radius 3 is 2.73 bits per heavy atom. The van der Waals surface area contributed by atoms with Gasteiger partial charge in [0.05, 0.1) is 12.8 Å². The summed E-state index contributed by atoms with van der Waals surface area (Å²) in [6, 6.07) is 0. The second-order valence-electron chi connectivity index (χ2n) is 2.01. The Balaban J connectivity index is 2.88. The van der Waals surface area contributed by atoms with E-state index in [-0.39, 0.29) is 5.71 Å². The summed E-state index contributed by atoms with van der Waals surface area (Å²) >= 11 is 0. The third kappa shape index (κ3) is 1.46. The Bertz CT molecular complexity index is 263. The van der Waals surface area contributed by atoms with Crippen LogP contribution in [0.4, 0.5) is 0 Å². The minimum Gasteiger partial charge on any atom is -0.497 e. The van der Waals surface area contributed by atoms with E-state index in [2.05, 4.69) is 5.10 Å². The van der Waals surface area contributed by atoms with Crippen molar-refractivity contribution in [2.24, 2.45) is 10.9 Å². The molecule has 4 heteroatoms. The molecule has 0 heterocycles. The number of ether oxygens (including phenoxy) is 1. The van der Waals surface area contributed by atoms with Gasteiger partial charge < -0.3 is 10.6 Å². The van der Waals surface area contributed by atoms with Gasteiger partial charge in [-0.2, -0.15) is 5.10 Å². The van der Waals surface area contributed by atoms with Crippen molar-refractivity contribution in [1.29, 1.82) is 5.41 Å². The third-order valence-electron chi connectivity index (χ3n) is 1.34. The van der Waals surface area contributed by atoms with E-state index in [1.807, 2.05) is 0 Å². The number of nitrogens with zero attached hydrogens (tertiary/aromatic N) is 1. The minimum absolute atomic E-state index is 0.270. The summed E-state index contributed by atoms with van der Waals surface area (Å²) in [5.41, 5.74) is 0.734. The predicted octanol–water partition coefficient (Wildman–Crippen LogP) is 0.421. The van der Waals surface area contributed by atoms with Crippen LogP contribution in [0.5, 0.6) is 0 Å². The van der Waals surface area contributed by atoms with E-state index in [9.17, 15) is 0 Å². The van der Waals surface area contributed by atoms with Crippen molar-refractivity contribution in [1.82, 2.24) is 0 Å². The number of hydrogen-bond donors (Lipinski definition) is 2. The van der Waals surface area contributed by atoms with Gasteiger partial charge in [0.15, 0.2) is 0 Å². The van der Waals surface area contributed by atoms with Crippen LogP contribution in [0, 0.1) is 5.41 Å². The van der Waals surface area contributed by atoms with Crippen LogP contribution in [0.15, 0.2) is 29.1 Å². The molecule has 0 aromatic carbocycles. The number of nitrogens with two attached hydrogens (primary N) is 1. The number of hydrogen-bond acceptors (Lipinski definition) is 4. The van der Waals surface area contributed by atoms with E-state index >= 15 is 0 Å². The fraction of sp³-hybridized carbons (Fsp3) is 0.143. The number of methoxy groups -OCH3 is 1. The van der Waals surface area contributed by atoms with Crippen molar-refractivity contribution in [3.8, 4) is 0 Å². The van der Waals surface area contributed by atoms with Crippen molar-refractivity contribution in [3.63, 3.8) is 0 Å². The predicted molar refractivity (Wildman–Crippen MR) is 43.6 cm³/mol. The number of rotatable bonds is 1. The fourth-order valence-corrected chi connectivity index (χ4v) is 0.755. The first kappa shape index (κ1) is 7.53. The Kier molecular flexibility index (Phi) is 2.06. The molecule has 0 aliphatic heterocycles. The molecule has 58 valence electrons. The smallest absolute Gasteiger partial charge is 0.121 e. The van der Waals surface area contributed by atoms with E-state index in [4.69, 9.17) is 16.0 Å². The molecule has 0 saturated heterocycles. The summed E-state index contributed by atoms with van der Waals surface area (Å²) in [5.74, 6) is 5.65. The van der Waals surface area contributed by atoms with Crippen molar-refractivity contribution in [2.75, 3.05) is 7.11 Å². The van der Waals surface area contributed by atoms with E-state index in [0.29, 0.717) is 11.5 Å². The highest BCUT2D eigenvalue weighted by atomic mass is 16.5. The van der Waals surface area contributed by atoms with Crippen LogP contribution in [0.1, 0.15) is 0 Å². The normalized spacial score (nSPS) is 20.3. The maximum atomic E-state index is 7.36. The maximum Gasteiger partial charge on any atom is 0.121 e. The largest absolute Gasteiger partial charge is 0.497 e. The van der Waals surface area contributed by atoms with E-state index in [0.717, 1.165) is 0 Å². The molecular weight excluding hydrogens is 142 g/mol. The lowest BCUT2D eigenvalue weighted by atomic mass is 10.1. The molecule has 0 saturated carbocycles. The SMILES string of the molecule is COC1=CC(=N)/C(=N\N)C=C1. The Hall–Kier alpha value is -1.58. The summed E-state index contributed by atoms with van der Waals surface area (Å²) in [6.07, 6.45) is 4.91. The van der Waals surface area contributed by atoms with Gasteiger partial charge in [-0.1, -0.05) is 0 Å². The fourth-order valence-electron chi connectivity index (χ4n) is 0.755. The van der Waals surface area contributed by atoms with Gasteiger partial charge in [0, 0.05) is 6.08 Å². The first-order valence-electron chi connectivity index (χ1n) is 3.08. The lowest BCUT2D eigenvalue weighted by molar-refractivity contribution is 0.307. The van der Waals surface area contributed by atoms with Crippen molar-refractivity contribution in [2.45, 2.75) is 0 Å². The standard InChI is InChI=1S/C7H9N3O/c1-11-5-2-3-7(10-9)6(8)4-5/h2-4,8H,9H2,1H3/b8-6?,10-7-. The number of allylic oxidation sites excluding steroid dienone is 3. The molecule has 3 N–H and O–H groups in total. The summed E-state index contributed by atoms with van der Waals surface area (Å²) in [6.45, 7) is 0. The number of hydrazone groups is 1. The molecule has 11 heavy (non-hydrogen) atoms. The molecule has 1 aliphatic rings. The lowest BCUT2D eigenvalue weighted by Crippen LogP contribution is -2.14. The highest BCUT2D eigenvalue weighted by molar-refractivity contribution is 6.50. The van der Waals surface area contributed by atoms with Gasteiger partial charge in [-0.05, 0) is 12.2 Å². The second-order valence-corrected chi connectivity index (χ2v) is 2.01. The Morgan fingerprint density at radius 1 is 1.55 bits per heavy atom. The monoisotopic (exact) mass is 151 g/mol. The molecule has 0 bridgehead atoms. The quantitative estimate of drug-likeness (QED) is 0.324. The van der Waals surface area contributed by atoms with Gasteiger partial charge in [-0.3, -0.25) is 5.41 Å². The Labute approximate surface area is 64.5 Å². The molecule has 0 radical (unpaired) electrons. The van der Waals surface area contributed by atoms with Crippen molar-refractivity contribution >= 4 is 11.4 Å². The van der Waals surface area contributed by atoms with Crippen molar-refractivity contribution < 1.29 is 4.74 Å². The van der Waals surface area contributed by atoms with Crippen LogP contribution < -0.4 is 5.84 Å². The van der Waals surface area contributed by atoms with Gasteiger partial charge >= 0.3 is 0 Å². The van der Waals surface area contributed by atoms with Gasteiger partial charge in [0.2, 0.25) is 0 Å². The summed E-state index contributed by atoms with van der Waals surface area (Å²) in [7, 11) is 1.55.